The number of carbonyl (C=O) groups excluding carboxylic acids is 2. The third-order valence-corrected chi connectivity index (χ3v) is 3.34. The van der Waals surface area contributed by atoms with E-state index < -0.39 is 0 Å². The molecule has 1 aromatic heterocycles. The number of hydrogen-bond donors (Lipinski definition) is 1. The van der Waals surface area contributed by atoms with E-state index >= 15 is 0 Å². The van der Waals surface area contributed by atoms with E-state index in [1.807, 2.05) is 0 Å². The van der Waals surface area contributed by atoms with Crippen LogP contribution in [0, 0.1) is 0 Å². The zero-order valence-corrected chi connectivity index (χ0v) is 9.82. The minimum Gasteiger partial charge on any atom is -0.336 e. The van der Waals surface area contributed by atoms with E-state index in [-0.39, 0.29) is 18.1 Å². The maximum Gasteiger partial charge on any atom is 0.328 e. The number of amides is 4. The molecule has 3 heterocycles. The molecule has 2 aliphatic rings. The van der Waals surface area contributed by atoms with Crippen LogP contribution in [0.1, 0.15) is 12.5 Å². The molecular formula is C10H14N6O2. The van der Waals surface area contributed by atoms with E-state index in [1.54, 1.807) is 22.0 Å². The number of nitrogens with one attached hydrogen (secondary N) is 1. The van der Waals surface area contributed by atoms with Gasteiger partial charge in [-0.05, 0) is 6.42 Å². The van der Waals surface area contributed by atoms with Crippen LogP contribution in [0.5, 0.6) is 0 Å². The zero-order valence-electron chi connectivity index (χ0n) is 9.82. The predicted molar refractivity (Wildman–Crippen MR) is 60.7 cm³/mol. The van der Waals surface area contributed by atoms with Gasteiger partial charge in [-0.15, -0.1) is 5.10 Å². The number of nitrogens with zero attached hydrogens (tertiary/aromatic N) is 5. The molecule has 2 fully saturated rings. The monoisotopic (exact) mass is 250 g/mol. The molecule has 96 valence electrons. The summed E-state index contributed by atoms with van der Waals surface area (Å²) in [5, 5.41) is 10.3. The van der Waals surface area contributed by atoms with Gasteiger partial charge >= 0.3 is 12.1 Å². The Hall–Kier alpha value is -2.12. The van der Waals surface area contributed by atoms with Crippen molar-refractivity contribution in [1.29, 1.82) is 0 Å². The quantitative estimate of drug-likeness (QED) is 0.739. The zero-order chi connectivity index (χ0) is 12.5. The van der Waals surface area contributed by atoms with Crippen molar-refractivity contribution < 1.29 is 9.59 Å². The van der Waals surface area contributed by atoms with Crippen LogP contribution in [0.2, 0.25) is 0 Å². The fourth-order valence-electron chi connectivity index (χ4n) is 2.37. The average molecular weight is 250 g/mol. The first-order chi connectivity index (χ1) is 8.75. The summed E-state index contributed by atoms with van der Waals surface area (Å²) in [4.78, 5) is 26.5. The Morgan fingerprint density at radius 3 is 3.00 bits per heavy atom. The predicted octanol–water partition coefficient (Wildman–Crippen LogP) is -0.330. The van der Waals surface area contributed by atoms with Gasteiger partial charge in [0.15, 0.2) is 0 Å². The van der Waals surface area contributed by atoms with Crippen molar-refractivity contribution in [3.05, 3.63) is 12.4 Å². The minimum atomic E-state index is -0.302. The number of carbonyl (C=O) groups is 2. The van der Waals surface area contributed by atoms with Gasteiger partial charge in [-0.1, -0.05) is 5.21 Å². The fraction of sp³-hybridized carbons (Fsp3) is 0.600. The van der Waals surface area contributed by atoms with Gasteiger partial charge in [0.1, 0.15) is 0 Å². The maximum absolute atomic E-state index is 12.1. The highest BCUT2D eigenvalue weighted by molar-refractivity contribution is 5.95. The molecule has 0 saturated carbocycles. The Morgan fingerprint density at radius 1 is 1.44 bits per heavy atom. The van der Waals surface area contributed by atoms with Crippen LogP contribution in [-0.2, 0) is 0 Å². The van der Waals surface area contributed by atoms with Crippen LogP contribution in [0.3, 0.4) is 0 Å². The second kappa shape index (κ2) is 4.28. The van der Waals surface area contributed by atoms with E-state index in [9.17, 15) is 9.59 Å². The van der Waals surface area contributed by atoms with Crippen molar-refractivity contribution in [2.75, 3.05) is 26.2 Å². The van der Waals surface area contributed by atoms with E-state index in [4.69, 9.17) is 0 Å². The van der Waals surface area contributed by atoms with Gasteiger partial charge < -0.3 is 10.2 Å². The van der Waals surface area contributed by atoms with Gasteiger partial charge in [0, 0.05) is 32.4 Å². The first kappa shape index (κ1) is 11.0. The lowest BCUT2D eigenvalue weighted by atomic mass is 10.3. The molecule has 8 nitrogen and oxygen atoms in total. The van der Waals surface area contributed by atoms with Gasteiger partial charge in [0.05, 0.1) is 12.2 Å². The summed E-state index contributed by atoms with van der Waals surface area (Å²) in [6, 6.07) is -0.362. The van der Waals surface area contributed by atoms with Crippen LogP contribution >= 0.6 is 0 Å². The topological polar surface area (TPSA) is 83.4 Å². The number of aromatic nitrogens is 3. The Bertz CT molecular complexity index is 459. The summed E-state index contributed by atoms with van der Waals surface area (Å²) in [5.74, 6) is 0. The second-order valence-electron chi connectivity index (χ2n) is 4.44. The van der Waals surface area contributed by atoms with E-state index in [2.05, 4.69) is 15.6 Å². The molecule has 18 heavy (non-hydrogen) atoms. The van der Waals surface area contributed by atoms with Crippen LogP contribution in [0.4, 0.5) is 9.59 Å². The standard InChI is InChI=1S/C10H14N6O2/c17-9-11-2-5-15(9)10(18)14-4-1-8(7-14)16-6-3-12-13-16/h3,6,8H,1-2,4-5,7H2,(H,11,17). The molecule has 0 radical (unpaired) electrons. The van der Waals surface area contributed by atoms with Crippen LogP contribution in [0.15, 0.2) is 12.4 Å². The summed E-state index contributed by atoms with van der Waals surface area (Å²) < 4.78 is 1.76. The first-order valence-corrected chi connectivity index (χ1v) is 5.96. The normalized spacial score (nSPS) is 23.6. The number of imide groups is 1. The first-order valence-electron chi connectivity index (χ1n) is 5.96. The van der Waals surface area contributed by atoms with Gasteiger partial charge in [-0.3, -0.25) is 0 Å². The number of rotatable bonds is 1. The smallest absolute Gasteiger partial charge is 0.328 e. The summed E-state index contributed by atoms with van der Waals surface area (Å²) in [6.07, 6.45) is 4.25. The number of urea groups is 2. The molecule has 0 spiro atoms. The van der Waals surface area contributed by atoms with Crippen molar-refractivity contribution in [3.63, 3.8) is 0 Å². The van der Waals surface area contributed by atoms with Gasteiger partial charge in [0.25, 0.3) is 0 Å². The fourth-order valence-corrected chi connectivity index (χ4v) is 2.37. The number of hydrogen-bond acceptors (Lipinski definition) is 4. The Kier molecular flexibility index (Phi) is 2.62. The summed E-state index contributed by atoms with van der Waals surface area (Å²) in [7, 11) is 0. The highest BCUT2D eigenvalue weighted by atomic mass is 16.2. The SMILES string of the molecule is O=C1NCCN1C(=O)N1CCC(n2ccnn2)C1. The van der Waals surface area contributed by atoms with E-state index in [0.717, 1.165) is 6.42 Å². The molecule has 1 aromatic rings. The van der Waals surface area contributed by atoms with E-state index in [0.29, 0.717) is 26.2 Å². The highest BCUT2D eigenvalue weighted by Crippen LogP contribution is 2.21. The van der Waals surface area contributed by atoms with Crippen LogP contribution in [-0.4, -0.2) is 63.0 Å². The molecule has 2 saturated heterocycles. The van der Waals surface area contributed by atoms with Crippen molar-refractivity contribution in [2.45, 2.75) is 12.5 Å². The third kappa shape index (κ3) is 1.79. The highest BCUT2D eigenvalue weighted by Gasteiger charge is 2.34. The molecule has 3 rings (SSSR count). The molecular weight excluding hydrogens is 236 g/mol. The number of likely N-dealkylation sites (tertiary alicyclic amines) is 1. The van der Waals surface area contributed by atoms with Gasteiger partial charge in [-0.25, -0.2) is 19.2 Å². The van der Waals surface area contributed by atoms with Crippen LogP contribution < -0.4 is 5.32 Å². The molecule has 1 unspecified atom stereocenters. The molecule has 1 atom stereocenters. The Morgan fingerprint density at radius 2 is 2.33 bits per heavy atom. The molecule has 1 N–H and O–H groups in total. The molecule has 2 aliphatic heterocycles. The lowest BCUT2D eigenvalue weighted by molar-refractivity contribution is 0.170. The molecule has 0 aliphatic carbocycles. The third-order valence-electron chi connectivity index (χ3n) is 3.34. The van der Waals surface area contributed by atoms with Crippen LogP contribution in [0.25, 0.3) is 0 Å². The Balaban J connectivity index is 1.65. The van der Waals surface area contributed by atoms with Crippen molar-refractivity contribution >= 4 is 12.1 Å². The largest absolute Gasteiger partial charge is 0.336 e. The van der Waals surface area contributed by atoms with Gasteiger partial charge in [0.2, 0.25) is 0 Å². The Labute approximate surface area is 104 Å². The van der Waals surface area contributed by atoms with Crippen molar-refractivity contribution in [1.82, 2.24) is 30.1 Å². The lowest BCUT2D eigenvalue weighted by Gasteiger charge is -2.21. The summed E-state index contributed by atoms with van der Waals surface area (Å²) in [6.45, 7) is 2.20. The molecule has 0 aromatic carbocycles. The summed E-state index contributed by atoms with van der Waals surface area (Å²) in [5.41, 5.74) is 0. The maximum atomic E-state index is 12.1. The molecule has 0 bridgehead atoms. The van der Waals surface area contributed by atoms with Crippen molar-refractivity contribution in [3.8, 4) is 0 Å². The second-order valence-corrected chi connectivity index (χ2v) is 4.44. The minimum absolute atomic E-state index is 0.155. The molecule has 8 heteroatoms. The van der Waals surface area contributed by atoms with Crippen molar-refractivity contribution in [2.24, 2.45) is 0 Å². The van der Waals surface area contributed by atoms with E-state index in [1.165, 1.54) is 4.90 Å². The summed E-state index contributed by atoms with van der Waals surface area (Å²) >= 11 is 0. The molecule has 4 amide bonds. The lowest BCUT2D eigenvalue weighted by Crippen LogP contribution is -2.43. The average Bonchev–Trinajstić information content (AvgIpc) is 3.09. The van der Waals surface area contributed by atoms with Gasteiger partial charge in [-0.2, -0.15) is 0 Å².